The molecule has 3 heteroatoms. The molecule has 1 saturated carbocycles. The highest BCUT2D eigenvalue weighted by Crippen LogP contribution is 2.37. The molecule has 0 saturated heterocycles. The summed E-state index contributed by atoms with van der Waals surface area (Å²) in [6.07, 6.45) is 9.12. The van der Waals surface area contributed by atoms with Crippen LogP contribution in [0.5, 0.6) is 0 Å². The monoisotopic (exact) mass is 248 g/mol. The predicted molar refractivity (Wildman–Crippen MR) is 73.3 cm³/mol. The van der Waals surface area contributed by atoms with Crippen LogP contribution in [0.25, 0.3) is 0 Å². The lowest BCUT2D eigenvalue weighted by molar-refractivity contribution is -0.0659. The Balaban J connectivity index is 2.03. The fourth-order valence-corrected chi connectivity index (χ4v) is 2.94. The Morgan fingerprint density at radius 1 is 1.50 bits per heavy atom. The minimum Gasteiger partial charge on any atom is -0.377 e. The van der Waals surface area contributed by atoms with Gasteiger partial charge in [0.15, 0.2) is 0 Å². The molecule has 100 valence electrons. The van der Waals surface area contributed by atoms with E-state index in [1.54, 1.807) is 13.3 Å². The van der Waals surface area contributed by atoms with Crippen LogP contribution in [0.4, 0.5) is 0 Å². The molecule has 0 spiro atoms. The first-order valence-electron chi connectivity index (χ1n) is 6.86. The third-order valence-corrected chi connectivity index (χ3v) is 4.38. The Kier molecular flexibility index (Phi) is 4.36. The van der Waals surface area contributed by atoms with E-state index in [1.165, 1.54) is 18.4 Å². The lowest BCUT2D eigenvalue weighted by atomic mass is 9.74. The average Bonchev–Trinajstić information content (AvgIpc) is 2.41. The number of ether oxygens (including phenoxy) is 1. The highest BCUT2D eigenvalue weighted by molar-refractivity contribution is 5.12. The Morgan fingerprint density at radius 3 is 2.78 bits per heavy atom. The highest BCUT2D eigenvalue weighted by atomic mass is 16.5. The fourth-order valence-electron chi connectivity index (χ4n) is 2.94. The second kappa shape index (κ2) is 5.81. The van der Waals surface area contributed by atoms with E-state index in [9.17, 15) is 0 Å². The molecule has 1 aromatic heterocycles. The molecular weight excluding hydrogens is 224 g/mol. The van der Waals surface area contributed by atoms with Gasteiger partial charge in [-0.1, -0.05) is 13.0 Å². The summed E-state index contributed by atoms with van der Waals surface area (Å²) in [5, 5.41) is 0. The lowest BCUT2D eigenvalue weighted by Gasteiger charge is -2.42. The molecule has 0 radical (unpaired) electrons. The van der Waals surface area contributed by atoms with Crippen molar-refractivity contribution in [3.8, 4) is 0 Å². The minimum absolute atomic E-state index is 0.0548. The van der Waals surface area contributed by atoms with Crippen molar-refractivity contribution >= 4 is 0 Å². The number of aromatic nitrogens is 1. The summed E-state index contributed by atoms with van der Waals surface area (Å²) in [6, 6.07) is 4.10. The van der Waals surface area contributed by atoms with E-state index >= 15 is 0 Å². The van der Waals surface area contributed by atoms with E-state index in [0.717, 1.165) is 25.2 Å². The van der Waals surface area contributed by atoms with Crippen LogP contribution in [-0.2, 0) is 11.2 Å². The van der Waals surface area contributed by atoms with Gasteiger partial charge in [-0.05, 0) is 49.7 Å². The van der Waals surface area contributed by atoms with Gasteiger partial charge in [0.2, 0.25) is 0 Å². The van der Waals surface area contributed by atoms with Crippen molar-refractivity contribution in [3.05, 3.63) is 30.1 Å². The smallest absolute Gasteiger partial charge is 0.0832 e. The van der Waals surface area contributed by atoms with E-state index in [2.05, 4.69) is 18.0 Å². The largest absolute Gasteiger partial charge is 0.377 e. The summed E-state index contributed by atoms with van der Waals surface area (Å²) in [5.74, 6) is 0.805. The number of nitrogens with two attached hydrogens (primary N) is 1. The number of pyridine rings is 1. The summed E-state index contributed by atoms with van der Waals surface area (Å²) in [5.41, 5.74) is 7.48. The first-order chi connectivity index (χ1) is 8.66. The molecule has 2 rings (SSSR count). The molecule has 3 nitrogen and oxygen atoms in total. The number of nitrogens with zero attached hydrogens (tertiary/aromatic N) is 1. The summed E-state index contributed by atoms with van der Waals surface area (Å²) in [7, 11) is 1.80. The van der Waals surface area contributed by atoms with Gasteiger partial charge in [-0.25, -0.2) is 0 Å². The molecule has 1 fully saturated rings. The standard InChI is InChI=1S/C15H24N2O/c1-12-5-7-15(18-2,8-6-12)14(16)10-13-4-3-9-17-11-13/h3-4,9,11-12,14H,5-8,10,16H2,1-2H3. The van der Waals surface area contributed by atoms with Crippen LogP contribution in [0.2, 0.25) is 0 Å². The number of methoxy groups -OCH3 is 1. The first kappa shape index (κ1) is 13.5. The molecule has 2 N–H and O–H groups in total. The Hall–Kier alpha value is -0.930. The van der Waals surface area contributed by atoms with Crippen LogP contribution < -0.4 is 5.73 Å². The van der Waals surface area contributed by atoms with Crippen molar-refractivity contribution < 1.29 is 4.74 Å². The lowest BCUT2D eigenvalue weighted by Crippen LogP contribution is -2.52. The molecular formula is C15H24N2O. The van der Waals surface area contributed by atoms with Crippen molar-refractivity contribution in [2.45, 2.75) is 50.7 Å². The van der Waals surface area contributed by atoms with Gasteiger partial charge in [0.25, 0.3) is 0 Å². The van der Waals surface area contributed by atoms with E-state index < -0.39 is 0 Å². The quantitative estimate of drug-likeness (QED) is 0.890. The van der Waals surface area contributed by atoms with E-state index in [1.807, 2.05) is 12.3 Å². The predicted octanol–water partition coefficient (Wildman–Crippen LogP) is 2.55. The zero-order chi connectivity index (χ0) is 13.0. The molecule has 0 aliphatic heterocycles. The van der Waals surface area contributed by atoms with Crippen molar-refractivity contribution in [3.63, 3.8) is 0 Å². The number of hydrogen-bond acceptors (Lipinski definition) is 3. The summed E-state index contributed by atoms with van der Waals surface area (Å²) >= 11 is 0. The summed E-state index contributed by atoms with van der Waals surface area (Å²) < 4.78 is 5.82. The molecule has 0 amide bonds. The molecule has 1 aliphatic rings. The molecule has 18 heavy (non-hydrogen) atoms. The Bertz CT molecular complexity index is 358. The topological polar surface area (TPSA) is 48.1 Å². The van der Waals surface area contributed by atoms with Crippen molar-refractivity contribution in [2.24, 2.45) is 11.7 Å². The van der Waals surface area contributed by atoms with Gasteiger partial charge in [-0.15, -0.1) is 0 Å². The van der Waals surface area contributed by atoms with Crippen LogP contribution >= 0.6 is 0 Å². The second-order valence-corrected chi connectivity index (χ2v) is 5.62. The van der Waals surface area contributed by atoms with E-state index in [0.29, 0.717) is 0 Å². The van der Waals surface area contributed by atoms with E-state index in [4.69, 9.17) is 10.5 Å². The molecule has 1 aromatic rings. The van der Waals surface area contributed by atoms with Crippen LogP contribution in [0.15, 0.2) is 24.5 Å². The molecule has 1 aliphatic carbocycles. The third kappa shape index (κ3) is 2.90. The first-order valence-corrected chi connectivity index (χ1v) is 6.86. The molecule has 1 unspecified atom stereocenters. The second-order valence-electron chi connectivity index (χ2n) is 5.62. The maximum Gasteiger partial charge on any atom is 0.0832 e. The van der Waals surface area contributed by atoms with Crippen LogP contribution in [0.1, 0.15) is 38.2 Å². The number of hydrogen-bond donors (Lipinski definition) is 1. The van der Waals surface area contributed by atoms with Crippen molar-refractivity contribution in [1.29, 1.82) is 0 Å². The molecule has 0 bridgehead atoms. The maximum atomic E-state index is 6.42. The third-order valence-electron chi connectivity index (χ3n) is 4.38. The minimum atomic E-state index is -0.137. The van der Waals surface area contributed by atoms with Gasteiger partial charge in [-0.2, -0.15) is 0 Å². The van der Waals surface area contributed by atoms with Gasteiger partial charge in [-0.3, -0.25) is 4.98 Å². The number of rotatable bonds is 4. The fraction of sp³-hybridized carbons (Fsp3) is 0.667. The van der Waals surface area contributed by atoms with Gasteiger partial charge >= 0.3 is 0 Å². The molecule has 0 aromatic carbocycles. The molecule has 1 atom stereocenters. The highest BCUT2D eigenvalue weighted by Gasteiger charge is 2.39. The average molecular weight is 248 g/mol. The zero-order valence-corrected chi connectivity index (χ0v) is 11.4. The Labute approximate surface area is 110 Å². The maximum absolute atomic E-state index is 6.42. The van der Waals surface area contributed by atoms with Gasteiger partial charge in [0.05, 0.1) is 5.60 Å². The normalized spacial score (nSPS) is 30.1. The molecule has 1 heterocycles. The van der Waals surface area contributed by atoms with Crippen molar-refractivity contribution in [1.82, 2.24) is 4.98 Å². The van der Waals surface area contributed by atoms with Gasteiger partial charge in [0.1, 0.15) is 0 Å². The SMILES string of the molecule is COC1(C(N)Cc2cccnc2)CCC(C)CC1. The van der Waals surface area contributed by atoms with E-state index in [-0.39, 0.29) is 11.6 Å². The zero-order valence-electron chi connectivity index (χ0n) is 11.4. The van der Waals surface area contributed by atoms with Crippen molar-refractivity contribution in [2.75, 3.05) is 7.11 Å². The Morgan fingerprint density at radius 2 is 2.22 bits per heavy atom. The van der Waals surface area contributed by atoms with Crippen LogP contribution in [0, 0.1) is 5.92 Å². The van der Waals surface area contributed by atoms with Gasteiger partial charge in [0, 0.05) is 25.5 Å². The van der Waals surface area contributed by atoms with Gasteiger partial charge < -0.3 is 10.5 Å². The van der Waals surface area contributed by atoms with Crippen LogP contribution in [0.3, 0.4) is 0 Å². The summed E-state index contributed by atoms with van der Waals surface area (Å²) in [6.45, 7) is 2.31. The van der Waals surface area contributed by atoms with Crippen LogP contribution in [-0.4, -0.2) is 23.7 Å². The summed E-state index contributed by atoms with van der Waals surface area (Å²) in [4.78, 5) is 4.15.